The number of halogens is 2. The molecule has 136 valence electrons. The van der Waals surface area contributed by atoms with Crippen LogP contribution >= 0.6 is 23.2 Å². The molecule has 2 N–H and O–H groups in total. The van der Waals surface area contributed by atoms with Gasteiger partial charge >= 0.3 is 0 Å². The van der Waals surface area contributed by atoms with Crippen LogP contribution in [0.4, 0.5) is 5.69 Å². The van der Waals surface area contributed by atoms with E-state index in [1.165, 1.54) is 6.07 Å². The monoisotopic (exact) mass is 391 g/mol. The van der Waals surface area contributed by atoms with Crippen LogP contribution < -0.4 is 10.7 Å². The molecule has 2 amide bonds. The van der Waals surface area contributed by atoms with Crippen LogP contribution in [0, 0.1) is 5.92 Å². The molecule has 0 aliphatic heterocycles. The number of nitrogens with zero attached hydrogens (tertiary/aromatic N) is 1. The third kappa shape index (κ3) is 5.31. The lowest BCUT2D eigenvalue weighted by Crippen LogP contribution is -2.20. The largest absolute Gasteiger partial charge is 0.326 e. The Morgan fingerprint density at radius 3 is 2.38 bits per heavy atom. The maximum absolute atomic E-state index is 12.2. The molecule has 0 aliphatic carbocycles. The second-order valence-electron chi connectivity index (χ2n) is 5.99. The van der Waals surface area contributed by atoms with E-state index in [0.717, 1.165) is 5.56 Å². The lowest BCUT2D eigenvalue weighted by Gasteiger charge is -2.09. The van der Waals surface area contributed by atoms with E-state index < -0.39 is 5.91 Å². The molecule has 7 heteroatoms. The highest BCUT2D eigenvalue weighted by Crippen LogP contribution is 2.22. The summed E-state index contributed by atoms with van der Waals surface area (Å²) in [6.07, 6.45) is 0. The van der Waals surface area contributed by atoms with Crippen molar-refractivity contribution in [1.29, 1.82) is 0 Å². The van der Waals surface area contributed by atoms with Crippen molar-refractivity contribution in [3.63, 3.8) is 0 Å². The summed E-state index contributed by atoms with van der Waals surface area (Å²) in [6, 6.07) is 11.8. The Labute approximate surface area is 162 Å². The van der Waals surface area contributed by atoms with Crippen LogP contribution in [-0.2, 0) is 4.79 Å². The van der Waals surface area contributed by atoms with Crippen LogP contribution in [0.1, 0.15) is 36.7 Å². The van der Waals surface area contributed by atoms with E-state index >= 15 is 0 Å². The maximum Gasteiger partial charge on any atom is 0.271 e. The summed E-state index contributed by atoms with van der Waals surface area (Å²) in [5.74, 6) is -0.573. The van der Waals surface area contributed by atoms with Crippen molar-refractivity contribution in [3.8, 4) is 0 Å². The van der Waals surface area contributed by atoms with Gasteiger partial charge in [-0.3, -0.25) is 9.59 Å². The average molecular weight is 392 g/mol. The molecule has 5 nitrogen and oxygen atoms in total. The van der Waals surface area contributed by atoms with E-state index in [1.807, 2.05) is 26.0 Å². The molecule has 2 aromatic carbocycles. The van der Waals surface area contributed by atoms with Gasteiger partial charge in [0.2, 0.25) is 5.91 Å². The first-order valence-electron chi connectivity index (χ1n) is 7.99. The Morgan fingerprint density at radius 2 is 1.73 bits per heavy atom. The molecule has 0 saturated carbocycles. The van der Waals surface area contributed by atoms with Gasteiger partial charge < -0.3 is 5.32 Å². The average Bonchev–Trinajstić information content (AvgIpc) is 2.61. The highest BCUT2D eigenvalue weighted by Gasteiger charge is 2.09. The number of benzene rings is 2. The molecule has 2 aromatic rings. The third-order valence-electron chi connectivity index (χ3n) is 3.58. The molecule has 0 radical (unpaired) electrons. The highest BCUT2D eigenvalue weighted by atomic mass is 35.5. The molecule has 0 fully saturated rings. The van der Waals surface area contributed by atoms with Crippen molar-refractivity contribution in [2.75, 3.05) is 5.32 Å². The molecular formula is C19H19Cl2N3O2. The van der Waals surface area contributed by atoms with Gasteiger partial charge in [-0.05, 0) is 42.8 Å². The van der Waals surface area contributed by atoms with Crippen LogP contribution in [0.3, 0.4) is 0 Å². The first kappa shape index (κ1) is 19.9. The van der Waals surface area contributed by atoms with E-state index in [0.29, 0.717) is 27.0 Å². The fourth-order valence-corrected chi connectivity index (χ4v) is 2.31. The van der Waals surface area contributed by atoms with Crippen molar-refractivity contribution in [2.24, 2.45) is 11.0 Å². The fraction of sp³-hybridized carbons (Fsp3) is 0.211. The lowest BCUT2D eigenvalue weighted by atomic mass is 10.1. The topological polar surface area (TPSA) is 70.6 Å². The zero-order valence-corrected chi connectivity index (χ0v) is 16.2. The van der Waals surface area contributed by atoms with Crippen LogP contribution in [-0.4, -0.2) is 17.5 Å². The second kappa shape index (κ2) is 8.83. The number of carbonyl (C=O) groups excluding carboxylic acids is 2. The van der Waals surface area contributed by atoms with E-state index in [-0.39, 0.29) is 11.8 Å². The predicted octanol–water partition coefficient (Wildman–Crippen LogP) is 4.74. The van der Waals surface area contributed by atoms with Crippen LogP contribution in [0.5, 0.6) is 0 Å². The van der Waals surface area contributed by atoms with E-state index in [4.69, 9.17) is 23.2 Å². The molecular weight excluding hydrogens is 373 g/mol. The Morgan fingerprint density at radius 1 is 1.00 bits per heavy atom. The number of hydrazone groups is 1. The Bertz CT molecular complexity index is 864. The van der Waals surface area contributed by atoms with E-state index in [2.05, 4.69) is 15.8 Å². The van der Waals surface area contributed by atoms with Crippen LogP contribution in [0.2, 0.25) is 10.0 Å². The second-order valence-corrected chi connectivity index (χ2v) is 6.81. The normalized spacial score (nSPS) is 11.4. The van der Waals surface area contributed by atoms with Crippen LogP contribution in [0.25, 0.3) is 0 Å². The summed E-state index contributed by atoms with van der Waals surface area (Å²) >= 11 is 11.8. The minimum Gasteiger partial charge on any atom is -0.326 e. The van der Waals surface area contributed by atoms with Gasteiger partial charge in [0.1, 0.15) is 0 Å². The molecule has 0 aromatic heterocycles. The smallest absolute Gasteiger partial charge is 0.271 e. The van der Waals surface area contributed by atoms with Crippen molar-refractivity contribution < 1.29 is 9.59 Å². The van der Waals surface area contributed by atoms with Crippen molar-refractivity contribution >= 4 is 46.4 Å². The Hall–Kier alpha value is -2.37. The molecule has 0 spiro atoms. The van der Waals surface area contributed by atoms with Gasteiger partial charge in [0.15, 0.2) is 0 Å². The molecule has 0 heterocycles. The van der Waals surface area contributed by atoms with Gasteiger partial charge in [-0.15, -0.1) is 0 Å². The Kier molecular flexibility index (Phi) is 6.77. The van der Waals surface area contributed by atoms with Gasteiger partial charge in [-0.25, -0.2) is 5.43 Å². The number of anilines is 1. The van der Waals surface area contributed by atoms with Gasteiger partial charge in [0.25, 0.3) is 5.91 Å². The maximum atomic E-state index is 12.2. The quantitative estimate of drug-likeness (QED) is 0.570. The Balaban J connectivity index is 2.10. The summed E-state index contributed by atoms with van der Waals surface area (Å²) < 4.78 is 0. The first-order valence-corrected chi connectivity index (χ1v) is 8.74. The zero-order valence-electron chi connectivity index (χ0n) is 14.6. The van der Waals surface area contributed by atoms with E-state index in [9.17, 15) is 9.59 Å². The highest BCUT2D eigenvalue weighted by molar-refractivity contribution is 6.42. The number of hydrogen-bond donors (Lipinski definition) is 2. The minimum atomic E-state index is -0.396. The summed E-state index contributed by atoms with van der Waals surface area (Å²) in [5, 5.41) is 7.61. The predicted molar refractivity (Wildman–Crippen MR) is 106 cm³/mol. The summed E-state index contributed by atoms with van der Waals surface area (Å²) in [7, 11) is 0. The fourth-order valence-electron chi connectivity index (χ4n) is 2.01. The summed E-state index contributed by atoms with van der Waals surface area (Å²) in [4.78, 5) is 24.0. The lowest BCUT2D eigenvalue weighted by molar-refractivity contribution is -0.118. The van der Waals surface area contributed by atoms with Crippen LogP contribution in [0.15, 0.2) is 47.6 Å². The molecule has 0 bridgehead atoms. The van der Waals surface area contributed by atoms with Crippen molar-refractivity contribution in [2.45, 2.75) is 20.8 Å². The summed E-state index contributed by atoms with van der Waals surface area (Å²) in [5.41, 5.74) is 4.89. The molecule has 26 heavy (non-hydrogen) atoms. The third-order valence-corrected chi connectivity index (χ3v) is 4.32. The number of carbonyl (C=O) groups is 2. The standard InChI is InChI=1S/C19H19Cl2N3O2/c1-11(2)18(25)22-15-6-4-5-13(9-15)12(3)23-24-19(26)14-7-8-16(20)17(21)10-14/h4-11H,1-3H3,(H,22,25)(H,24,26)/b23-12-. The van der Waals surface area contributed by atoms with Crippen molar-refractivity contribution in [3.05, 3.63) is 63.6 Å². The number of amides is 2. The zero-order chi connectivity index (χ0) is 19.3. The summed E-state index contributed by atoms with van der Waals surface area (Å²) in [6.45, 7) is 5.41. The SMILES string of the molecule is C/C(=N/NC(=O)c1ccc(Cl)c(Cl)c1)c1cccc(NC(=O)C(C)C)c1. The number of hydrogen-bond acceptors (Lipinski definition) is 3. The number of rotatable bonds is 5. The van der Waals surface area contributed by atoms with Gasteiger partial charge in [0, 0.05) is 17.2 Å². The van der Waals surface area contributed by atoms with Gasteiger partial charge in [0.05, 0.1) is 15.8 Å². The van der Waals surface area contributed by atoms with Crippen molar-refractivity contribution in [1.82, 2.24) is 5.43 Å². The molecule has 0 atom stereocenters. The molecule has 0 saturated heterocycles. The van der Waals surface area contributed by atoms with Gasteiger partial charge in [-0.1, -0.05) is 49.2 Å². The molecule has 0 unspecified atom stereocenters. The minimum absolute atomic E-state index is 0.0651. The first-order chi connectivity index (χ1) is 12.3. The van der Waals surface area contributed by atoms with E-state index in [1.54, 1.807) is 31.2 Å². The van der Waals surface area contributed by atoms with Gasteiger partial charge in [-0.2, -0.15) is 5.10 Å². The molecule has 0 aliphatic rings. The molecule has 2 rings (SSSR count). The number of nitrogens with one attached hydrogen (secondary N) is 2.